The van der Waals surface area contributed by atoms with Crippen molar-refractivity contribution in [1.29, 1.82) is 0 Å². The first-order valence-corrected chi connectivity index (χ1v) is 9.19. The molecule has 0 saturated carbocycles. The molecule has 0 spiro atoms. The number of benzene rings is 1. The zero-order chi connectivity index (χ0) is 20.1. The van der Waals surface area contributed by atoms with Crippen LogP contribution in [0.3, 0.4) is 0 Å². The molecule has 9 heteroatoms. The number of hydrogen-bond acceptors (Lipinski definition) is 6. The number of carbonyl (C=O) groups is 2. The molecule has 0 saturated heterocycles. The zero-order valence-electron chi connectivity index (χ0n) is 15.6. The molecule has 0 unspecified atom stereocenters. The van der Waals surface area contributed by atoms with Crippen molar-refractivity contribution in [3.8, 4) is 11.5 Å². The van der Waals surface area contributed by atoms with Gasteiger partial charge in [0.25, 0.3) is 11.8 Å². The average molecular weight is 401 g/mol. The first-order valence-electron chi connectivity index (χ1n) is 8.31. The highest BCUT2D eigenvalue weighted by molar-refractivity contribution is 7.07. The van der Waals surface area contributed by atoms with E-state index in [1.165, 1.54) is 32.6 Å². The number of methoxy groups -OCH3 is 2. The van der Waals surface area contributed by atoms with E-state index < -0.39 is 5.91 Å². The molecule has 1 aromatic carbocycles. The molecule has 0 bridgehead atoms. The Kier molecular flexibility index (Phi) is 5.95. The number of thiazole rings is 1. The molecule has 146 valence electrons. The van der Waals surface area contributed by atoms with Crippen LogP contribution in [-0.2, 0) is 6.54 Å². The van der Waals surface area contributed by atoms with Crippen molar-refractivity contribution in [2.75, 3.05) is 21.3 Å². The van der Waals surface area contributed by atoms with Crippen molar-refractivity contribution in [2.24, 2.45) is 4.99 Å². The van der Waals surface area contributed by atoms with Crippen molar-refractivity contribution in [3.05, 3.63) is 63.8 Å². The van der Waals surface area contributed by atoms with Crippen LogP contribution in [0.15, 0.2) is 51.3 Å². The lowest BCUT2D eigenvalue weighted by molar-refractivity contribution is 0.0933. The number of furan rings is 1. The van der Waals surface area contributed by atoms with Gasteiger partial charge >= 0.3 is 0 Å². The third kappa shape index (κ3) is 4.15. The van der Waals surface area contributed by atoms with Crippen LogP contribution in [0.1, 0.15) is 26.7 Å². The number of nitrogens with one attached hydrogen (secondary N) is 1. The Labute approximate surface area is 165 Å². The maximum atomic E-state index is 12.6. The molecule has 28 heavy (non-hydrogen) atoms. The van der Waals surface area contributed by atoms with Crippen LogP contribution in [0.5, 0.6) is 11.5 Å². The molecule has 8 nitrogen and oxygen atoms in total. The van der Waals surface area contributed by atoms with Crippen molar-refractivity contribution < 1.29 is 23.5 Å². The zero-order valence-corrected chi connectivity index (χ0v) is 16.4. The number of amides is 2. The van der Waals surface area contributed by atoms with Gasteiger partial charge < -0.3 is 23.8 Å². The van der Waals surface area contributed by atoms with E-state index in [2.05, 4.69) is 10.3 Å². The normalized spacial score (nSPS) is 11.3. The Balaban J connectivity index is 1.84. The largest absolute Gasteiger partial charge is 0.493 e. The summed E-state index contributed by atoms with van der Waals surface area (Å²) >= 11 is 1.33. The quantitative estimate of drug-likeness (QED) is 0.684. The summed E-state index contributed by atoms with van der Waals surface area (Å²) in [6.45, 7) is 0.346. The molecular weight excluding hydrogens is 382 g/mol. The van der Waals surface area contributed by atoms with Gasteiger partial charge in [-0.15, -0.1) is 11.3 Å². The molecule has 2 heterocycles. The van der Waals surface area contributed by atoms with E-state index in [-0.39, 0.29) is 11.7 Å². The van der Waals surface area contributed by atoms with Crippen LogP contribution in [0.4, 0.5) is 0 Å². The summed E-state index contributed by atoms with van der Waals surface area (Å²) in [6.07, 6.45) is 1.80. The van der Waals surface area contributed by atoms with E-state index in [1.54, 1.807) is 41.1 Å². The molecule has 2 aromatic heterocycles. The van der Waals surface area contributed by atoms with Crippen LogP contribution in [0.25, 0.3) is 0 Å². The number of nitrogens with zero attached hydrogens (tertiary/aromatic N) is 2. The highest BCUT2D eigenvalue weighted by atomic mass is 32.1. The molecule has 0 radical (unpaired) electrons. The second kappa shape index (κ2) is 8.57. The average Bonchev–Trinajstić information content (AvgIpc) is 3.36. The smallest absolute Gasteiger partial charge is 0.286 e. The first kappa shape index (κ1) is 19.4. The Bertz CT molecular complexity index is 1060. The predicted octanol–water partition coefficient (Wildman–Crippen LogP) is 2.31. The Hall–Kier alpha value is -3.33. The Morgan fingerprint density at radius 3 is 2.68 bits per heavy atom. The van der Waals surface area contributed by atoms with Gasteiger partial charge in [-0.25, -0.2) is 0 Å². The topological polar surface area (TPSA) is 95.1 Å². The monoisotopic (exact) mass is 401 g/mol. The van der Waals surface area contributed by atoms with Crippen LogP contribution in [0.2, 0.25) is 0 Å². The summed E-state index contributed by atoms with van der Waals surface area (Å²) in [5.41, 5.74) is 0.387. The van der Waals surface area contributed by atoms with Gasteiger partial charge in [-0.1, -0.05) is 0 Å². The molecule has 0 fully saturated rings. The van der Waals surface area contributed by atoms with Gasteiger partial charge in [-0.2, -0.15) is 4.99 Å². The fraction of sp³-hybridized carbons (Fsp3) is 0.211. The van der Waals surface area contributed by atoms with Crippen molar-refractivity contribution in [3.63, 3.8) is 0 Å². The van der Waals surface area contributed by atoms with Gasteiger partial charge in [0.15, 0.2) is 22.1 Å². The van der Waals surface area contributed by atoms with Gasteiger partial charge in [0, 0.05) is 24.2 Å². The highest BCUT2D eigenvalue weighted by Crippen LogP contribution is 2.27. The number of ether oxygens (including phenoxy) is 2. The number of carbonyl (C=O) groups excluding carboxylic acids is 2. The van der Waals surface area contributed by atoms with Crippen LogP contribution in [-0.4, -0.2) is 37.6 Å². The van der Waals surface area contributed by atoms with Gasteiger partial charge in [0.2, 0.25) is 0 Å². The summed E-state index contributed by atoms with van der Waals surface area (Å²) in [4.78, 5) is 28.9. The third-order valence-electron chi connectivity index (χ3n) is 3.93. The lowest BCUT2D eigenvalue weighted by atomic mass is 10.2. The summed E-state index contributed by atoms with van der Waals surface area (Å²) in [5.74, 6) is 1.11. The fourth-order valence-corrected chi connectivity index (χ4v) is 3.23. The summed E-state index contributed by atoms with van der Waals surface area (Å²) < 4.78 is 17.7. The second-order valence-corrected chi connectivity index (χ2v) is 6.52. The maximum Gasteiger partial charge on any atom is 0.286 e. The number of aromatic nitrogens is 1. The summed E-state index contributed by atoms with van der Waals surface area (Å²) in [5, 5.41) is 4.33. The van der Waals surface area contributed by atoms with Gasteiger partial charge in [-0.05, 0) is 30.3 Å². The fourth-order valence-electron chi connectivity index (χ4n) is 2.50. The minimum atomic E-state index is -0.400. The van der Waals surface area contributed by atoms with E-state index in [0.29, 0.717) is 34.2 Å². The van der Waals surface area contributed by atoms with Crippen molar-refractivity contribution in [2.45, 2.75) is 6.54 Å². The molecular formula is C19H19N3O5S. The molecule has 0 aliphatic carbocycles. The molecule has 2 amide bonds. The number of rotatable bonds is 6. The van der Waals surface area contributed by atoms with E-state index >= 15 is 0 Å². The van der Waals surface area contributed by atoms with E-state index in [4.69, 9.17) is 13.9 Å². The maximum absolute atomic E-state index is 12.6. The van der Waals surface area contributed by atoms with Gasteiger partial charge in [0.05, 0.1) is 20.8 Å². The standard InChI is InChI=1S/C19H19N3O5S/c1-20-18(24)15-7-5-13(27-15)11-22-8-9-28-19(22)21-17(23)12-4-6-14(25-2)16(10-12)26-3/h4-10H,11H2,1-3H3,(H,20,24). The summed E-state index contributed by atoms with van der Waals surface area (Å²) in [7, 11) is 4.57. The molecule has 3 aromatic rings. The lowest BCUT2D eigenvalue weighted by Gasteiger charge is -2.07. The molecule has 0 aliphatic heterocycles. The minimum Gasteiger partial charge on any atom is -0.493 e. The molecule has 0 atom stereocenters. The van der Waals surface area contributed by atoms with Gasteiger partial charge in [-0.3, -0.25) is 9.59 Å². The second-order valence-electron chi connectivity index (χ2n) is 5.65. The molecule has 3 rings (SSSR count). The van der Waals surface area contributed by atoms with Crippen LogP contribution in [0, 0.1) is 0 Å². The third-order valence-corrected chi connectivity index (χ3v) is 4.72. The van der Waals surface area contributed by atoms with Gasteiger partial charge in [0.1, 0.15) is 5.76 Å². The minimum absolute atomic E-state index is 0.230. The lowest BCUT2D eigenvalue weighted by Crippen LogP contribution is -2.17. The van der Waals surface area contributed by atoms with Crippen LogP contribution < -0.4 is 19.6 Å². The SMILES string of the molecule is CNC(=O)c1ccc(Cn2ccsc2=NC(=O)c2ccc(OC)c(OC)c2)o1. The van der Waals surface area contributed by atoms with Crippen molar-refractivity contribution in [1.82, 2.24) is 9.88 Å². The van der Waals surface area contributed by atoms with E-state index in [1.807, 2.05) is 5.38 Å². The van der Waals surface area contributed by atoms with E-state index in [9.17, 15) is 9.59 Å². The summed E-state index contributed by atoms with van der Waals surface area (Å²) in [6, 6.07) is 8.20. The first-order chi connectivity index (χ1) is 13.5. The van der Waals surface area contributed by atoms with Crippen LogP contribution >= 0.6 is 11.3 Å². The Morgan fingerprint density at radius 2 is 1.96 bits per heavy atom. The Morgan fingerprint density at radius 1 is 1.18 bits per heavy atom. The predicted molar refractivity (Wildman–Crippen MR) is 103 cm³/mol. The number of hydrogen-bond donors (Lipinski definition) is 1. The highest BCUT2D eigenvalue weighted by Gasteiger charge is 2.12. The molecule has 1 N–H and O–H groups in total. The molecule has 0 aliphatic rings. The van der Waals surface area contributed by atoms with E-state index in [0.717, 1.165) is 0 Å². The van der Waals surface area contributed by atoms with Crippen molar-refractivity contribution >= 4 is 23.2 Å².